The van der Waals surface area contributed by atoms with Crippen LogP contribution in [0.15, 0.2) is 42.5 Å². The Morgan fingerprint density at radius 2 is 2.05 bits per heavy atom. The zero-order valence-corrected chi connectivity index (χ0v) is 11.6. The van der Waals surface area contributed by atoms with Gasteiger partial charge in [-0.2, -0.15) is 0 Å². The third-order valence-corrected chi connectivity index (χ3v) is 3.39. The molecule has 0 saturated carbocycles. The highest BCUT2D eigenvalue weighted by molar-refractivity contribution is 5.81. The summed E-state index contributed by atoms with van der Waals surface area (Å²) in [6, 6.07) is 12.1. The number of aliphatic hydroxyl groups excluding tert-OH is 1. The van der Waals surface area contributed by atoms with Gasteiger partial charge in [-0.05, 0) is 30.3 Å². The van der Waals surface area contributed by atoms with Crippen LogP contribution in [0.3, 0.4) is 0 Å². The summed E-state index contributed by atoms with van der Waals surface area (Å²) in [6.07, 6.45) is 0. The molecule has 1 N–H and O–H groups in total. The van der Waals surface area contributed by atoms with E-state index < -0.39 is 0 Å². The van der Waals surface area contributed by atoms with Crippen LogP contribution in [0.2, 0.25) is 0 Å². The summed E-state index contributed by atoms with van der Waals surface area (Å²) in [5.41, 5.74) is 1.99. The number of hydrogen-bond donors (Lipinski definition) is 1. The maximum Gasteiger partial charge on any atom is 0.144 e. The second kappa shape index (κ2) is 5.54. The molecule has 1 heterocycles. The second-order valence-corrected chi connectivity index (χ2v) is 4.65. The van der Waals surface area contributed by atoms with E-state index in [1.807, 2.05) is 28.8 Å². The minimum absolute atomic E-state index is 0.0427. The normalized spacial score (nSPS) is 11.0. The molecule has 0 amide bonds. The molecule has 5 heteroatoms. The fourth-order valence-corrected chi connectivity index (χ4v) is 2.41. The van der Waals surface area contributed by atoms with Gasteiger partial charge in [-0.25, -0.2) is 9.37 Å². The standard InChI is InChI=1S/C16H15FN2O2/c1-21-11-6-7-13(17)12(10-11)16-18-14-4-2-3-5-15(14)19(16)8-9-20/h2-7,10,20H,8-9H2,1H3. The van der Waals surface area contributed by atoms with Crippen LogP contribution >= 0.6 is 0 Å². The van der Waals surface area contributed by atoms with Crippen LogP contribution in [0.25, 0.3) is 22.4 Å². The number of hydrogen-bond acceptors (Lipinski definition) is 3. The average Bonchev–Trinajstić information content (AvgIpc) is 2.87. The fraction of sp³-hybridized carbons (Fsp3) is 0.188. The van der Waals surface area contributed by atoms with E-state index in [4.69, 9.17) is 4.74 Å². The molecule has 0 atom stereocenters. The van der Waals surface area contributed by atoms with Gasteiger partial charge in [0.2, 0.25) is 0 Å². The van der Waals surface area contributed by atoms with Crippen molar-refractivity contribution in [2.75, 3.05) is 13.7 Å². The van der Waals surface area contributed by atoms with E-state index in [1.165, 1.54) is 13.2 Å². The number of ether oxygens (including phenoxy) is 1. The molecule has 2 aromatic carbocycles. The highest BCUT2D eigenvalue weighted by atomic mass is 19.1. The lowest BCUT2D eigenvalue weighted by Gasteiger charge is -2.09. The minimum atomic E-state index is -0.370. The number of benzene rings is 2. The van der Waals surface area contributed by atoms with Gasteiger partial charge in [-0.3, -0.25) is 0 Å². The molecule has 0 radical (unpaired) electrons. The van der Waals surface area contributed by atoms with E-state index in [2.05, 4.69) is 4.98 Å². The van der Waals surface area contributed by atoms with Gasteiger partial charge in [0.1, 0.15) is 17.4 Å². The minimum Gasteiger partial charge on any atom is -0.497 e. The first kappa shape index (κ1) is 13.6. The van der Waals surface area contributed by atoms with Gasteiger partial charge < -0.3 is 14.4 Å². The molecule has 0 bridgehead atoms. The number of halogens is 1. The molecule has 0 fully saturated rings. The molecule has 0 unspecified atom stereocenters. The van der Waals surface area contributed by atoms with Crippen LogP contribution in [0, 0.1) is 5.82 Å². The van der Waals surface area contributed by atoms with E-state index in [0.717, 1.165) is 11.0 Å². The average molecular weight is 286 g/mol. The van der Waals surface area contributed by atoms with E-state index >= 15 is 0 Å². The Hall–Kier alpha value is -2.40. The zero-order chi connectivity index (χ0) is 14.8. The van der Waals surface area contributed by atoms with Crippen LogP contribution in [0.4, 0.5) is 4.39 Å². The summed E-state index contributed by atoms with van der Waals surface area (Å²) in [4.78, 5) is 4.49. The van der Waals surface area contributed by atoms with Crippen molar-refractivity contribution in [3.8, 4) is 17.1 Å². The second-order valence-electron chi connectivity index (χ2n) is 4.65. The SMILES string of the molecule is COc1ccc(F)c(-c2nc3ccccc3n2CCO)c1. The summed E-state index contributed by atoms with van der Waals surface area (Å²) in [5.74, 6) is 0.681. The Morgan fingerprint density at radius 1 is 1.24 bits per heavy atom. The van der Waals surface area contributed by atoms with Gasteiger partial charge in [-0.15, -0.1) is 0 Å². The van der Waals surface area contributed by atoms with Crippen LogP contribution < -0.4 is 4.74 Å². The Morgan fingerprint density at radius 3 is 2.81 bits per heavy atom. The highest BCUT2D eigenvalue weighted by Crippen LogP contribution is 2.29. The number of methoxy groups -OCH3 is 1. The van der Waals surface area contributed by atoms with Crippen LogP contribution in [0.1, 0.15) is 0 Å². The van der Waals surface area contributed by atoms with Crippen molar-refractivity contribution >= 4 is 11.0 Å². The lowest BCUT2D eigenvalue weighted by molar-refractivity contribution is 0.278. The van der Waals surface area contributed by atoms with Crippen molar-refractivity contribution in [3.63, 3.8) is 0 Å². The first-order valence-corrected chi connectivity index (χ1v) is 6.64. The number of nitrogens with zero attached hydrogens (tertiary/aromatic N) is 2. The zero-order valence-electron chi connectivity index (χ0n) is 11.6. The van der Waals surface area contributed by atoms with Gasteiger partial charge >= 0.3 is 0 Å². The maximum absolute atomic E-state index is 14.2. The number of para-hydroxylation sites is 2. The predicted octanol–water partition coefficient (Wildman–Crippen LogP) is 2.84. The topological polar surface area (TPSA) is 47.3 Å². The van der Waals surface area contributed by atoms with E-state index in [0.29, 0.717) is 23.7 Å². The number of aliphatic hydroxyl groups is 1. The smallest absolute Gasteiger partial charge is 0.144 e. The largest absolute Gasteiger partial charge is 0.497 e. The molecule has 21 heavy (non-hydrogen) atoms. The first-order chi connectivity index (χ1) is 10.2. The molecule has 108 valence electrons. The Kier molecular flexibility index (Phi) is 3.58. The fourth-order valence-electron chi connectivity index (χ4n) is 2.41. The van der Waals surface area contributed by atoms with Gasteiger partial charge in [0.05, 0.1) is 30.3 Å². The lowest BCUT2D eigenvalue weighted by Crippen LogP contribution is -2.05. The Labute approximate surface area is 121 Å². The molecular weight excluding hydrogens is 271 g/mol. The summed E-state index contributed by atoms with van der Waals surface area (Å²) in [5, 5.41) is 9.27. The molecule has 0 saturated heterocycles. The number of rotatable bonds is 4. The van der Waals surface area contributed by atoms with Gasteiger partial charge in [0.15, 0.2) is 0 Å². The molecule has 3 rings (SSSR count). The molecule has 0 aliphatic carbocycles. The van der Waals surface area contributed by atoms with E-state index in [9.17, 15) is 9.50 Å². The lowest BCUT2D eigenvalue weighted by atomic mass is 10.2. The number of fused-ring (bicyclic) bond motifs is 1. The van der Waals surface area contributed by atoms with Crippen molar-refractivity contribution in [2.24, 2.45) is 0 Å². The monoisotopic (exact) mass is 286 g/mol. The van der Waals surface area contributed by atoms with Crippen molar-refractivity contribution < 1.29 is 14.2 Å². The summed E-state index contributed by atoms with van der Waals surface area (Å²) < 4.78 is 21.1. The van der Waals surface area contributed by atoms with Crippen LogP contribution in [0.5, 0.6) is 5.75 Å². The quantitative estimate of drug-likeness (QED) is 0.802. The summed E-state index contributed by atoms with van der Waals surface area (Å²) in [6.45, 7) is 0.311. The molecule has 0 spiro atoms. The molecule has 0 aliphatic rings. The third-order valence-electron chi connectivity index (χ3n) is 3.39. The van der Waals surface area contributed by atoms with E-state index in [1.54, 1.807) is 12.1 Å². The Bertz CT molecular complexity index is 783. The predicted molar refractivity (Wildman–Crippen MR) is 78.8 cm³/mol. The van der Waals surface area contributed by atoms with Gasteiger partial charge in [-0.1, -0.05) is 12.1 Å². The van der Waals surface area contributed by atoms with Crippen molar-refractivity contribution in [1.82, 2.24) is 9.55 Å². The van der Waals surface area contributed by atoms with Crippen molar-refractivity contribution in [2.45, 2.75) is 6.54 Å². The highest BCUT2D eigenvalue weighted by Gasteiger charge is 2.16. The molecular formula is C16H15FN2O2. The number of aromatic nitrogens is 2. The maximum atomic E-state index is 14.2. The van der Waals surface area contributed by atoms with Gasteiger partial charge in [0, 0.05) is 6.54 Å². The molecule has 3 aromatic rings. The van der Waals surface area contributed by atoms with Crippen molar-refractivity contribution in [3.05, 3.63) is 48.3 Å². The molecule has 0 aliphatic heterocycles. The van der Waals surface area contributed by atoms with Crippen LogP contribution in [-0.4, -0.2) is 28.4 Å². The Balaban J connectivity index is 2.26. The number of imidazole rings is 1. The first-order valence-electron chi connectivity index (χ1n) is 6.64. The molecule has 4 nitrogen and oxygen atoms in total. The summed E-state index contributed by atoms with van der Waals surface area (Å²) in [7, 11) is 1.54. The third kappa shape index (κ3) is 2.36. The summed E-state index contributed by atoms with van der Waals surface area (Å²) >= 11 is 0. The molecule has 1 aromatic heterocycles. The van der Waals surface area contributed by atoms with Gasteiger partial charge in [0.25, 0.3) is 0 Å². The van der Waals surface area contributed by atoms with Crippen molar-refractivity contribution in [1.29, 1.82) is 0 Å². The van der Waals surface area contributed by atoms with Crippen LogP contribution in [-0.2, 0) is 6.54 Å². The van der Waals surface area contributed by atoms with E-state index in [-0.39, 0.29) is 12.4 Å².